The monoisotopic (exact) mass is 439 g/mol. The minimum absolute atomic E-state index is 0.0734. The first-order chi connectivity index (χ1) is 14.8. The van der Waals surface area contributed by atoms with Crippen molar-refractivity contribution in [2.45, 2.75) is 43.9 Å². The van der Waals surface area contributed by atoms with Crippen LogP contribution >= 0.6 is 0 Å². The predicted octanol–water partition coefficient (Wildman–Crippen LogP) is 4.75. The van der Waals surface area contributed by atoms with E-state index in [1.165, 1.54) is 5.56 Å². The molecule has 0 spiro atoms. The zero-order valence-electron chi connectivity index (χ0n) is 18.3. The number of rotatable bonds is 6. The molecule has 1 aliphatic carbocycles. The number of hydrogen-bond acceptors (Lipinski definition) is 3. The molecule has 1 heterocycles. The van der Waals surface area contributed by atoms with Gasteiger partial charge in [0.15, 0.2) is 0 Å². The van der Waals surface area contributed by atoms with Gasteiger partial charge in [0.1, 0.15) is 0 Å². The number of benzene rings is 2. The quantitative estimate of drug-likeness (QED) is 0.707. The highest BCUT2D eigenvalue weighted by molar-refractivity contribution is 7.89. The van der Waals surface area contributed by atoms with Crippen LogP contribution in [0.1, 0.15) is 43.7 Å². The molecular formula is C26H33NO3S. The molecule has 4 nitrogen and oxygen atoms in total. The van der Waals surface area contributed by atoms with E-state index in [1.807, 2.05) is 25.1 Å². The van der Waals surface area contributed by atoms with Crippen LogP contribution in [0.25, 0.3) is 5.57 Å². The number of sulfonamides is 1. The summed E-state index contributed by atoms with van der Waals surface area (Å²) in [6.45, 7) is 7.19. The molecule has 1 saturated carbocycles. The Morgan fingerprint density at radius 1 is 1.13 bits per heavy atom. The highest BCUT2D eigenvalue weighted by atomic mass is 32.2. The van der Waals surface area contributed by atoms with Gasteiger partial charge >= 0.3 is 0 Å². The number of hydrogen-bond donors (Lipinski definition) is 1. The zero-order valence-corrected chi connectivity index (χ0v) is 19.2. The molecule has 31 heavy (non-hydrogen) atoms. The average molecular weight is 440 g/mol. The molecule has 1 aliphatic heterocycles. The van der Waals surface area contributed by atoms with Gasteiger partial charge < -0.3 is 5.11 Å². The van der Waals surface area contributed by atoms with E-state index < -0.39 is 10.0 Å². The molecule has 0 unspecified atom stereocenters. The van der Waals surface area contributed by atoms with Gasteiger partial charge in [0.2, 0.25) is 10.0 Å². The lowest BCUT2D eigenvalue weighted by Gasteiger charge is -2.52. The first-order valence-corrected chi connectivity index (χ1v) is 12.7. The largest absolute Gasteiger partial charge is 0.396 e. The van der Waals surface area contributed by atoms with E-state index in [2.05, 4.69) is 30.8 Å². The fraction of sp³-hybridized carbons (Fsp3) is 0.462. The van der Waals surface area contributed by atoms with E-state index in [1.54, 1.807) is 16.4 Å². The van der Waals surface area contributed by atoms with E-state index in [0.717, 1.165) is 43.2 Å². The second-order valence-electron chi connectivity index (χ2n) is 9.48. The lowest BCUT2D eigenvalue weighted by atomic mass is 9.58. The van der Waals surface area contributed by atoms with Crippen LogP contribution in [0.4, 0.5) is 0 Å². The van der Waals surface area contributed by atoms with Gasteiger partial charge in [0.05, 0.1) is 4.90 Å². The van der Waals surface area contributed by atoms with E-state index in [9.17, 15) is 13.5 Å². The maximum atomic E-state index is 13.5. The van der Waals surface area contributed by atoms with Crippen LogP contribution in [0, 0.1) is 17.3 Å². The summed E-state index contributed by atoms with van der Waals surface area (Å²) >= 11 is 0. The van der Waals surface area contributed by atoms with E-state index in [4.69, 9.17) is 0 Å². The Morgan fingerprint density at radius 3 is 2.48 bits per heavy atom. The van der Waals surface area contributed by atoms with Crippen LogP contribution < -0.4 is 0 Å². The standard InChI is InChI=1S/C26H33NO3S/c1-20(2)23-8-10-25(11-9-23)31(29,30)27-15-13-24-16-22(18-28)12-14-26(24,19-27)17-21-6-4-3-5-7-21/h3-11,22,24,28H,1,12-19H2,2H3/t22-,24-,26-/m0/s1. The third-order valence-electron chi connectivity index (χ3n) is 7.39. The number of fused-ring (bicyclic) bond motifs is 1. The van der Waals surface area contributed by atoms with Crippen molar-refractivity contribution in [1.29, 1.82) is 0 Å². The van der Waals surface area contributed by atoms with Crippen molar-refractivity contribution in [2.75, 3.05) is 19.7 Å². The maximum absolute atomic E-state index is 13.5. The van der Waals surface area contributed by atoms with Crippen LogP contribution in [0.2, 0.25) is 0 Å². The third-order valence-corrected chi connectivity index (χ3v) is 9.25. The molecule has 4 rings (SSSR count). The molecule has 2 aromatic rings. The molecule has 1 saturated heterocycles. The highest BCUT2D eigenvalue weighted by Gasteiger charge is 2.49. The summed E-state index contributed by atoms with van der Waals surface area (Å²) < 4.78 is 28.8. The molecule has 166 valence electrons. The summed E-state index contributed by atoms with van der Waals surface area (Å²) in [5.41, 5.74) is 3.07. The van der Waals surface area contributed by atoms with Crippen molar-refractivity contribution in [2.24, 2.45) is 17.3 Å². The van der Waals surface area contributed by atoms with Gasteiger partial charge in [-0.2, -0.15) is 4.31 Å². The molecule has 0 amide bonds. The summed E-state index contributed by atoms with van der Waals surface area (Å²) in [6, 6.07) is 17.5. The van der Waals surface area contributed by atoms with Gasteiger partial charge in [-0.1, -0.05) is 54.6 Å². The number of allylic oxidation sites excluding steroid dienone is 1. The lowest BCUT2D eigenvalue weighted by Crippen LogP contribution is -2.54. The van der Waals surface area contributed by atoms with Crippen LogP contribution in [0.3, 0.4) is 0 Å². The van der Waals surface area contributed by atoms with Crippen molar-refractivity contribution >= 4 is 15.6 Å². The number of nitrogens with zero attached hydrogens (tertiary/aromatic N) is 1. The normalized spacial score (nSPS) is 26.9. The summed E-state index contributed by atoms with van der Waals surface area (Å²) in [5, 5.41) is 9.73. The fourth-order valence-corrected chi connectivity index (χ4v) is 7.10. The van der Waals surface area contributed by atoms with Crippen LogP contribution in [-0.2, 0) is 16.4 Å². The first kappa shape index (κ1) is 22.3. The lowest BCUT2D eigenvalue weighted by molar-refractivity contribution is -0.00735. The van der Waals surface area contributed by atoms with Crippen LogP contribution in [-0.4, -0.2) is 37.5 Å². The SMILES string of the molecule is C=C(C)c1ccc(S(=O)(=O)N2CC[C@H]3C[C@@H](CO)CC[C@]3(Cc3ccccc3)C2)cc1. The van der Waals surface area contributed by atoms with E-state index in [0.29, 0.717) is 29.8 Å². The van der Waals surface area contributed by atoms with Gasteiger partial charge in [0.25, 0.3) is 0 Å². The van der Waals surface area contributed by atoms with E-state index >= 15 is 0 Å². The molecule has 2 aliphatic rings. The van der Waals surface area contributed by atoms with Gasteiger partial charge in [-0.15, -0.1) is 0 Å². The Balaban J connectivity index is 1.63. The number of piperidine rings is 1. The van der Waals surface area contributed by atoms with Crippen molar-refractivity contribution in [3.05, 3.63) is 72.3 Å². The van der Waals surface area contributed by atoms with Gasteiger partial charge in [0, 0.05) is 19.7 Å². The Labute approximate surface area is 186 Å². The molecule has 0 radical (unpaired) electrons. The molecular weight excluding hydrogens is 406 g/mol. The summed E-state index contributed by atoms with van der Waals surface area (Å²) in [4.78, 5) is 0.356. The third kappa shape index (κ3) is 4.50. The Hall–Kier alpha value is -1.95. The van der Waals surface area contributed by atoms with Crippen molar-refractivity contribution < 1.29 is 13.5 Å². The number of aliphatic hydroxyl groups is 1. The van der Waals surface area contributed by atoms with Crippen molar-refractivity contribution in [3.63, 3.8) is 0 Å². The summed E-state index contributed by atoms with van der Waals surface area (Å²) in [6.07, 6.45) is 4.65. The molecule has 5 heteroatoms. The minimum atomic E-state index is -3.55. The zero-order chi connectivity index (χ0) is 22.1. The Kier molecular flexibility index (Phi) is 6.38. The highest BCUT2D eigenvalue weighted by Crippen LogP contribution is 2.50. The fourth-order valence-electron chi connectivity index (χ4n) is 5.55. The van der Waals surface area contributed by atoms with Crippen LogP contribution in [0.5, 0.6) is 0 Å². The summed E-state index contributed by atoms with van der Waals surface area (Å²) in [5.74, 6) is 0.780. The molecule has 0 bridgehead atoms. The van der Waals surface area contributed by atoms with Gasteiger partial charge in [-0.05, 0) is 79.5 Å². The molecule has 2 fully saturated rings. The molecule has 1 N–H and O–H groups in total. The average Bonchev–Trinajstić information content (AvgIpc) is 2.79. The second-order valence-corrected chi connectivity index (χ2v) is 11.4. The summed E-state index contributed by atoms with van der Waals surface area (Å²) in [7, 11) is -3.55. The van der Waals surface area contributed by atoms with Crippen molar-refractivity contribution in [3.8, 4) is 0 Å². The maximum Gasteiger partial charge on any atom is 0.243 e. The smallest absolute Gasteiger partial charge is 0.243 e. The van der Waals surface area contributed by atoms with Gasteiger partial charge in [-0.3, -0.25) is 0 Å². The first-order valence-electron chi connectivity index (χ1n) is 11.2. The Morgan fingerprint density at radius 2 is 1.84 bits per heavy atom. The predicted molar refractivity (Wildman–Crippen MR) is 125 cm³/mol. The van der Waals surface area contributed by atoms with E-state index in [-0.39, 0.29) is 12.0 Å². The molecule has 0 aromatic heterocycles. The Bertz CT molecular complexity index is 1020. The second kappa shape index (κ2) is 8.89. The van der Waals surface area contributed by atoms with Gasteiger partial charge in [-0.25, -0.2) is 8.42 Å². The topological polar surface area (TPSA) is 57.6 Å². The van der Waals surface area contributed by atoms with Crippen LogP contribution in [0.15, 0.2) is 66.1 Å². The minimum Gasteiger partial charge on any atom is -0.396 e. The molecule has 3 atom stereocenters. The number of aliphatic hydroxyl groups excluding tert-OH is 1. The molecule has 2 aromatic carbocycles. The van der Waals surface area contributed by atoms with Crippen molar-refractivity contribution in [1.82, 2.24) is 4.31 Å².